The first-order valence-corrected chi connectivity index (χ1v) is 9.87. The fraction of sp³-hybridized carbons (Fsp3) is 0.625. The molecule has 1 saturated heterocycles. The summed E-state index contributed by atoms with van der Waals surface area (Å²) in [4.78, 5) is 2.14. The molecule has 0 saturated carbocycles. The van der Waals surface area contributed by atoms with Crippen LogP contribution in [0.3, 0.4) is 0 Å². The quantitative estimate of drug-likeness (QED) is 0.789. The number of nitrogens with one attached hydrogen (secondary N) is 1. The van der Waals surface area contributed by atoms with Crippen molar-refractivity contribution in [1.29, 1.82) is 0 Å². The van der Waals surface area contributed by atoms with Gasteiger partial charge in [0, 0.05) is 24.7 Å². The minimum absolute atomic E-state index is 0.208. The second-order valence-electron chi connectivity index (χ2n) is 6.14. The summed E-state index contributed by atoms with van der Waals surface area (Å²) >= 11 is 0. The van der Waals surface area contributed by atoms with E-state index in [0.29, 0.717) is 25.1 Å². The highest BCUT2D eigenvalue weighted by molar-refractivity contribution is 7.88. The lowest BCUT2D eigenvalue weighted by molar-refractivity contribution is 0.0626. The first-order valence-electron chi connectivity index (χ1n) is 7.98. The van der Waals surface area contributed by atoms with E-state index in [9.17, 15) is 17.9 Å². The number of benzene rings is 1. The van der Waals surface area contributed by atoms with Crippen molar-refractivity contribution in [3.8, 4) is 0 Å². The minimum atomic E-state index is -3.18. The van der Waals surface area contributed by atoms with Crippen molar-refractivity contribution in [2.75, 3.05) is 25.9 Å². The lowest BCUT2D eigenvalue weighted by Gasteiger charge is -2.37. The molecule has 130 valence electrons. The van der Waals surface area contributed by atoms with Gasteiger partial charge in [0.05, 0.1) is 12.4 Å². The van der Waals surface area contributed by atoms with Crippen LogP contribution in [0.1, 0.15) is 37.4 Å². The van der Waals surface area contributed by atoms with Crippen molar-refractivity contribution in [1.82, 2.24) is 9.62 Å². The predicted molar refractivity (Wildman–Crippen MR) is 88.0 cm³/mol. The molecule has 0 bridgehead atoms. The topological polar surface area (TPSA) is 69.6 Å². The van der Waals surface area contributed by atoms with Gasteiger partial charge in [-0.3, -0.25) is 4.90 Å². The van der Waals surface area contributed by atoms with Gasteiger partial charge in [0.1, 0.15) is 5.82 Å². The Balaban J connectivity index is 1.94. The van der Waals surface area contributed by atoms with Gasteiger partial charge in [-0.1, -0.05) is 24.6 Å². The van der Waals surface area contributed by atoms with Crippen molar-refractivity contribution in [2.45, 2.75) is 37.8 Å². The molecular formula is C16H25FN2O3S. The fourth-order valence-electron chi connectivity index (χ4n) is 3.10. The summed E-state index contributed by atoms with van der Waals surface area (Å²) in [5.41, 5.74) is 0.311. The first kappa shape index (κ1) is 18.3. The molecule has 2 unspecified atom stereocenters. The number of nitrogens with zero attached hydrogens (tertiary/aromatic N) is 1. The van der Waals surface area contributed by atoms with Crippen LogP contribution in [0.15, 0.2) is 24.3 Å². The first-order chi connectivity index (χ1) is 10.9. The Morgan fingerprint density at radius 3 is 2.83 bits per heavy atom. The number of aliphatic hydroxyl groups is 1. The van der Waals surface area contributed by atoms with E-state index in [-0.39, 0.29) is 6.04 Å². The third-order valence-corrected chi connectivity index (χ3v) is 4.99. The molecule has 0 amide bonds. The molecule has 2 N–H and O–H groups in total. The molecule has 1 aromatic rings. The summed E-state index contributed by atoms with van der Waals surface area (Å²) in [6.07, 6.45) is 4.07. The van der Waals surface area contributed by atoms with Crippen LogP contribution in [0, 0.1) is 5.82 Å². The van der Waals surface area contributed by atoms with E-state index < -0.39 is 21.9 Å². The Morgan fingerprint density at radius 1 is 1.39 bits per heavy atom. The molecule has 0 aromatic heterocycles. The maximum absolute atomic E-state index is 13.8. The number of sulfonamides is 1. The van der Waals surface area contributed by atoms with Crippen LogP contribution in [0.4, 0.5) is 4.39 Å². The van der Waals surface area contributed by atoms with Gasteiger partial charge in [-0.15, -0.1) is 0 Å². The maximum atomic E-state index is 13.8. The molecule has 1 heterocycles. The van der Waals surface area contributed by atoms with Gasteiger partial charge < -0.3 is 5.11 Å². The third-order valence-electron chi connectivity index (χ3n) is 4.26. The summed E-state index contributed by atoms with van der Waals surface area (Å²) in [6.45, 7) is 1.59. The summed E-state index contributed by atoms with van der Waals surface area (Å²) in [5.74, 6) is -0.396. The van der Waals surface area contributed by atoms with E-state index in [0.717, 1.165) is 32.1 Å². The van der Waals surface area contributed by atoms with Crippen LogP contribution in [0.25, 0.3) is 0 Å². The summed E-state index contributed by atoms with van der Waals surface area (Å²) < 4.78 is 38.6. The zero-order valence-corrected chi connectivity index (χ0v) is 14.2. The number of rotatable bonds is 7. The highest BCUT2D eigenvalue weighted by Gasteiger charge is 2.25. The number of aliphatic hydroxyl groups excluding tert-OH is 1. The average molecular weight is 344 g/mol. The molecule has 1 aromatic carbocycles. The van der Waals surface area contributed by atoms with Gasteiger partial charge in [0.25, 0.3) is 0 Å². The van der Waals surface area contributed by atoms with Gasteiger partial charge >= 0.3 is 0 Å². The molecule has 5 nitrogen and oxygen atoms in total. The minimum Gasteiger partial charge on any atom is -0.387 e. The Labute approximate surface area is 137 Å². The van der Waals surface area contributed by atoms with Gasteiger partial charge in [0.2, 0.25) is 10.0 Å². The number of likely N-dealkylation sites (tertiary alicyclic amines) is 1. The van der Waals surface area contributed by atoms with Crippen LogP contribution in [-0.4, -0.2) is 50.4 Å². The Kier molecular flexibility index (Phi) is 6.52. The van der Waals surface area contributed by atoms with Gasteiger partial charge in [0.15, 0.2) is 0 Å². The highest BCUT2D eigenvalue weighted by atomic mass is 32.2. The van der Waals surface area contributed by atoms with Crippen molar-refractivity contribution in [3.05, 3.63) is 35.6 Å². The SMILES string of the molecule is CS(=O)(=O)NCCC1CCCCN1CC(O)c1ccccc1F. The van der Waals surface area contributed by atoms with Crippen LogP contribution >= 0.6 is 0 Å². The smallest absolute Gasteiger partial charge is 0.208 e. The van der Waals surface area contributed by atoms with E-state index >= 15 is 0 Å². The molecule has 1 aliphatic heterocycles. The van der Waals surface area contributed by atoms with Crippen LogP contribution in [0.5, 0.6) is 0 Å². The number of hydrogen-bond donors (Lipinski definition) is 2. The largest absolute Gasteiger partial charge is 0.387 e. The molecule has 2 atom stereocenters. The van der Waals surface area contributed by atoms with E-state index in [4.69, 9.17) is 0 Å². The molecule has 1 aliphatic rings. The fourth-order valence-corrected chi connectivity index (χ4v) is 3.59. The van der Waals surface area contributed by atoms with Crippen LogP contribution < -0.4 is 4.72 Å². The molecule has 23 heavy (non-hydrogen) atoms. The van der Waals surface area contributed by atoms with Crippen molar-refractivity contribution < 1.29 is 17.9 Å². The molecule has 1 fully saturated rings. The van der Waals surface area contributed by atoms with Crippen LogP contribution in [0.2, 0.25) is 0 Å². The Hall–Kier alpha value is -1.02. The molecular weight excluding hydrogens is 319 g/mol. The summed E-state index contributed by atoms with van der Waals surface area (Å²) in [6, 6.07) is 6.48. The molecule has 0 radical (unpaired) electrons. The van der Waals surface area contributed by atoms with Gasteiger partial charge in [-0.05, 0) is 31.9 Å². The lowest BCUT2D eigenvalue weighted by atomic mass is 9.98. The van der Waals surface area contributed by atoms with Crippen molar-refractivity contribution in [3.63, 3.8) is 0 Å². The second kappa shape index (κ2) is 8.19. The predicted octanol–water partition coefficient (Wildman–Crippen LogP) is 1.65. The van der Waals surface area contributed by atoms with Crippen molar-refractivity contribution >= 4 is 10.0 Å². The molecule has 0 spiro atoms. The number of piperidine rings is 1. The van der Waals surface area contributed by atoms with Crippen molar-refractivity contribution in [2.24, 2.45) is 0 Å². The average Bonchev–Trinajstić information content (AvgIpc) is 2.48. The van der Waals surface area contributed by atoms with E-state index in [1.54, 1.807) is 18.2 Å². The summed E-state index contributed by atoms with van der Waals surface area (Å²) in [7, 11) is -3.18. The zero-order chi connectivity index (χ0) is 16.9. The highest BCUT2D eigenvalue weighted by Crippen LogP contribution is 2.24. The Bertz CT molecular complexity index is 609. The number of β-amino-alcohol motifs (C(OH)–C–C–N with tert-alkyl or cyclic N) is 1. The normalized spacial score (nSPS) is 21.3. The van der Waals surface area contributed by atoms with E-state index in [1.165, 1.54) is 6.07 Å². The van der Waals surface area contributed by atoms with Gasteiger partial charge in [-0.2, -0.15) is 0 Å². The zero-order valence-electron chi connectivity index (χ0n) is 13.4. The Morgan fingerprint density at radius 2 is 2.13 bits per heavy atom. The maximum Gasteiger partial charge on any atom is 0.208 e. The number of halogens is 1. The van der Waals surface area contributed by atoms with Crippen LogP contribution in [-0.2, 0) is 10.0 Å². The van der Waals surface area contributed by atoms with E-state index in [1.807, 2.05) is 0 Å². The summed E-state index contributed by atoms with van der Waals surface area (Å²) in [5, 5.41) is 10.3. The second-order valence-corrected chi connectivity index (χ2v) is 7.97. The molecule has 7 heteroatoms. The standard InChI is InChI=1S/C16H25FN2O3S/c1-23(21,22)18-10-9-13-6-4-5-11-19(13)12-16(20)14-7-2-3-8-15(14)17/h2-3,7-8,13,16,18,20H,4-6,9-12H2,1H3. The molecule has 2 rings (SSSR count). The van der Waals surface area contributed by atoms with E-state index in [2.05, 4.69) is 9.62 Å². The number of hydrogen-bond acceptors (Lipinski definition) is 4. The molecule has 0 aliphatic carbocycles. The monoisotopic (exact) mass is 344 g/mol. The third kappa shape index (κ3) is 5.84. The lowest BCUT2D eigenvalue weighted by Crippen LogP contribution is -2.43. The van der Waals surface area contributed by atoms with Gasteiger partial charge in [-0.25, -0.2) is 17.5 Å².